The number of rotatable bonds is 4. The molecule has 2 aliphatic rings. The molecule has 0 aromatic heterocycles. The Balaban J connectivity index is 1.90. The van der Waals surface area contributed by atoms with Gasteiger partial charge in [0, 0.05) is 18.0 Å². The highest BCUT2D eigenvalue weighted by molar-refractivity contribution is 6.03. The van der Waals surface area contributed by atoms with Crippen LogP contribution in [0.1, 0.15) is 36.0 Å². The van der Waals surface area contributed by atoms with Crippen LogP contribution in [0.3, 0.4) is 0 Å². The number of methoxy groups -OCH3 is 2. The fraction of sp³-hybridized carbons (Fsp3) is 0.562. The van der Waals surface area contributed by atoms with Gasteiger partial charge in [0.1, 0.15) is 17.1 Å². The van der Waals surface area contributed by atoms with Crippen molar-refractivity contribution in [2.45, 2.75) is 37.8 Å². The van der Waals surface area contributed by atoms with Crippen LogP contribution in [-0.2, 0) is 0 Å². The van der Waals surface area contributed by atoms with Gasteiger partial charge in [0.15, 0.2) is 5.78 Å². The van der Waals surface area contributed by atoms with Crippen molar-refractivity contribution in [1.82, 2.24) is 5.32 Å². The van der Waals surface area contributed by atoms with E-state index in [1.807, 2.05) is 18.2 Å². The quantitative estimate of drug-likeness (QED) is 0.857. The van der Waals surface area contributed by atoms with Crippen LogP contribution in [-0.4, -0.2) is 32.1 Å². The smallest absolute Gasteiger partial charge is 0.173 e. The van der Waals surface area contributed by atoms with Gasteiger partial charge in [-0.3, -0.25) is 4.79 Å². The van der Waals surface area contributed by atoms with E-state index in [1.54, 1.807) is 14.2 Å². The van der Waals surface area contributed by atoms with Crippen molar-refractivity contribution in [3.05, 3.63) is 23.8 Å². The van der Waals surface area contributed by atoms with Crippen molar-refractivity contribution >= 4 is 5.78 Å². The molecule has 4 nitrogen and oxygen atoms in total. The first-order valence-corrected chi connectivity index (χ1v) is 7.24. The maximum atomic E-state index is 12.9. The van der Waals surface area contributed by atoms with Crippen molar-refractivity contribution in [2.24, 2.45) is 5.92 Å². The average molecular weight is 275 g/mol. The van der Waals surface area contributed by atoms with E-state index < -0.39 is 0 Å². The molecule has 3 rings (SSSR count). The summed E-state index contributed by atoms with van der Waals surface area (Å²) in [6.45, 7) is 0. The maximum Gasteiger partial charge on any atom is 0.173 e. The monoisotopic (exact) mass is 275 g/mol. The first-order valence-electron chi connectivity index (χ1n) is 7.24. The Kier molecular flexibility index (Phi) is 3.66. The number of piperidine rings is 1. The van der Waals surface area contributed by atoms with Gasteiger partial charge in [0.05, 0.1) is 14.2 Å². The summed E-state index contributed by atoms with van der Waals surface area (Å²) in [5.74, 6) is 1.47. The molecular weight excluding hydrogens is 254 g/mol. The van der Waals surface area contributed by atoms with E-state index in [0.717, 1.165) is 12.8 Å². The number of benzene rings is 1. The van der Waals surface area contributed by atoms with Gasteiger partial charge in [0.25, 0.3) is 0 Å². The minimum atomic E-state index is 0.0824. The van der Waals surface area contributed by atoms with E-state index in [1.165, 1.54) is 12.8 Å². The summed E-state index contributed by atoms with van der Waals surface area (Å²) in [5.41, 5.74) is 0.601. The number of hydrogen-bond acceptors (Lipinski definition) is 4. The minimum Gasteiger partial charge on any atom is -0.496 e. The zero-order chi connectivity index (χ0) is 14.1. The lowest BCUT2D eigenvalue weighted by molar-refractivity contribution is 0.0869. The van der Waals surface area contributed by atoms with E-state index in [-0.39, 0.29) is 11.7 Å². The van der Waals surface area contributed by atoms with E-state index in [0.29, 0.717) is 29.1 Å². The largest absolute Gasteiger partial charge is 0.496 e. The molecule has 0 spiro atoms. The number of hydrogen-bond donors (Lipinski definition) is 1. The third-order valence-electron chi connectivity index (χ3n) is 4.52. The molecule has 2 aliphatic heterocycles. The minimum absolute atomic E-state index is 0.0824. The number of ketones is 1. The van der Waals surface area contributed by atoms with Gasteiger partial charge in [-0.2, -0.15) is 0 Å². The highest BCUT2D eigenvalue weighted by Gasteiger charge is 2.38. The fourth-order valence-corrected chi connectivity index (χ4v) is 3.57. The third-order valence-corrected chi connectivity index (χ3v) is 4.52. The van der Waals surface area contributed by atoms with Gasteiger partial charge in [-0.15, -0.1) is 0 Å². The fourth-order valence-electron chi connectivity index (χ4n) is 3.57. The molecule has 0 amide bonds. The van der Waals surface area contributed by atoms with Gasteiger partial charge >= 0.3 is 0 Å². The van der Waals surface area contributed by atoms with Crippen LogP contribution in [0.25, 0.3) is 0 Å². The van der Waals surface area contributed by atoms with Crippen LogP contribution in [0.2, 0.25) is 0 Å². The second-order valence-corrected chi connectivity index (χ2v) is 5.71. The number of carbonyl (C=O) groups is 1. The Morgan fingerprint density at radius 1 is 1.10 bits per heavy atom. The highest BCUT2D eigenvalue weighted by Crippen LogP contribution is 2.37. The zero-order valence-corrected chi connectivity index (χ0v) is 12.0. The summed E-state index contributed by atoms with van der Waals surface area (Å²) >= 11 is 0. The zero-order valence-electron chi connectivity index (χ0n) is 12.0. The second-order valence-electron chi connectivity index (χ2n) is 5.71. The van der Waals surface area contributed by atoms with Crippen LogP contribution in [0.5, 0.6) is 11.5 Å². The summed E-state index contributed by atoms with van der Waals surface area (Å²) in [4.78, 5) is 12.9. The van der Waals surface area contributed by atoms with Gasteiger partial charge in [-0.05, 0) is 37.8 Å². The molecule has 20 heavy (non-hydrogen) atoms. The molecule has 0 radical (unpaired) electrons. The summed E-state index contributed by atoms with van der Waals surface area (Å²) < 4.78 is 10.7. The number of ether oxygens (including phenoxy) is 2. The van der Waals surface area contributed by atoms with Gasteiger partial charge in [0.2, 0.25) is 0 Å². The van der Waals surface area contributed by atoms with E-state index in [9.17, 15) is 4.79 Å². The van der Waals surface area contributed by atoms with E-state index in [2.05, 4.69) is 5.32 Å². The lowest BCUT2D eigenvalue weighted by atomic mass is 9.85. The first kappa shape index (κ1) is 13.4. The van der Waals surface area contributed by atoms with E-state index in [4.69, 9.17) is 9.47 Å². The Labute approximate surface area is 119 Å². The molecule has 2 atom stereocenters. The molecule has 108 valence electrons. The molecule has 2 saturated heterocycles. The third kappa shape index (κ3) is 2.29. The first-order chi connectivity index (χ1) is 9.72. The lowest BCUT2D eigenvalue weighted by Gasteiger charge is -2.28. The maximum absolute atomic E-state index is 12.9. The van der Waals surface area contributed by atoms with Crippen LogP contribution in [0.4, 0.5) is 0 Å². The molecule has 1 aromatic carbocycles. The summed E-state index contributed by atoms with van der Waals surface area (Å²) in [5, 5.41) is 3.57. The number of carbonyl (C=O) groups excluding carboxylic acids is 1. The Hall–Kier alpha value is -1.55. The van der Waals surface area contributed by atoms with Crippen molar-refractivity contribution in [2.75, 3.05) is 14.2 Å². The average Bonchev–Trinajstić information content (AvgIpc) is 2.83. The topological polar surface area (TPSA) is 47.6 Å². The molecule has 4 heteroatoms. The summed E-state index contributed by atoms with van der Waals surface area (Å²) in [6, 6.07) is 6.50. The van der Waals surface area contributed by atoms with E-state index >= 15 is 0 Å². The van der Waals surface area contributed by atoms with Crippen molar-refractivity contribution in [1.29, 1.82) is 0 Å². The highest BCUT2D eigenvalue weighted by atomic mass is 16.5. The van der Waals surface area contributed by atoms with Crippen molar-refractivity contribution in [3.63, 3.8) is 0 Å². The molecule has 2 bridgehead atoms. The Bertz CT molecular complexity index is 480. The van der Waals surface area contributed by atoms with Crippen molar-refractivity contribution < 1.29 is 14.3 Å². The van der Waals surface area contributed by atoms with Crippen LogP contribution < -0.4 is 14.8 Å². The van der Waals surface area contributed by atoms with Gasteiger partial charge < -0.3 is 14.8 Å². The summed E-state index contributed by atoms with van der Waals surface area (Å²) in [7, 11) is 3.19. The molecule has 2 heterocycles. The van der Waals surface area contributed by atoms with Crippen LogP contribution in [0.15, 0.2) is 18.2 Å². The number of Topliss-reactive ketones (excluding diaryl/α,β-unsaturated/α-hetero) is 1. The van der Waals surface area contributed by atoms with Gasteiger partial charge in [-0.1, -0.05) is 6.07 Å². The van der Waals surface area contributed by atoms with Crippen LogP contribution in [0, 0.1) is 5.92 Å². The Morgan fingerprint density at radius 3 is 2.15 bits per heavy atom. The Morgan fingerprint density at radius 2 is 1.65 bits per heavy atom. The molecule has 1 N–H and O–H groups in total. The SMILES string of the molecule is COc1cccc(OC)c1C(=O)C1CC2CCC(C1)N2. The second kappa shape index (κ2) is 5.44. The van der Waals surface area contributed by atoms with Crippen molar-refractivity contribution in [3.8, 4) is 11.5 Å². The molecule has 0 aliphatic carbocycles. The molecule has 2 fully saturated rings. The molecule has 1 aromatic rings. The molecule has 0 saturated carbocycles. The standard InChI is InChI=1S/C16H21NO3/c1-19-13-4-3-5-14(20-2)15(13)16(18)10-8-11-6-7-12(9-10)17-11/h3-5,10-12,17H,6-9H2,1-2H3. The molecule has 2 unspecified atom stereocenters. The lowest BCUT2D eigenvalue weighted by Crippen LogP contribution is -2.40. The summed E-state index contributed by atoms with van der Waals surface area (Å²) in [6.07, 6.45) is 4.24. The van der Waals surface area contributed by atoms with Crippen LogP contribution >= 0.6 is 0 Å². The number of fused-ring (bicyclic) bond motifs is 2. The number of nitrogens with one attached hydrogen (secondary N) is 1. The predicted octanol–water partition coefficient (Wildman–Crippen LogP) is 2.42. The normalized spacial score (nSPS) is 28.2. The van der Waals surface area contributed by atoms with Gasteiger partial charge in [-0.25, -0.2) is 0 Å². The predicted molar refractivity (Wildman–Crippen MR) is 76.5 cm³/mol. The molecular formula is C16H21NO3.